The molecule has 1 aliphatic rings. The first kappa shape index (κ1) is 14.2. The molecule has 6 heteroatoms. The van der Waals surface area contributed by atoms with Gasteiger partial charge >= 0.3 is 6.03 Å². The number of hydrogen-bond donors (Lipinski definition) is 1. The summed E-state index contributed by atoms with van der Waals surface area (Å²) in [7, 11) is 0. The molecule has 0 saturated carbocycles. The van der Waals surface area contributed by atoms with Gasteiger partial charge in [0, 0.05) is 48.1 Å². The van der Waals surface area contributed by atoms with E-state index in [4.69, 9.17) is 23.2 Å². The fourth-order valence-corrected chi connectivity index (χ4v) is 2.47. The van der Waals surface area contributed by atoms with Crippen LogP contribution in [0.5, 0.6) is 0 Å². The fraction of sp³-hybridized carbons (Fsp3) is 0.385. The summed E-state index contributed by atoms with van der Waals surface area (Å²) in [4.78, 5) is 24.7. The molecule has 0 bridgehead atoms. The number of rotatable bonds is 2. The molecule has 1 N–H and O–H groups in total. The predicted molar refractivity (Wildman–Crippen MR) is 74.5 cm³/mol. The highest BCUT2D eigenvalue weighted by molar-refractivity contribution is 6.36. The second-order valence-electron chi connectivity index (χ2n) is 4.38. The van der Waals surface area contributed by atoms with E-state index in [9.17, 15) is 9.59 Å². The first-order valence-electron chi connectivity index (χ1n) is 6.05. The van der Waals surface area contributed by atoms with Gasteiger partial charge in [0.05, 0.1) is 0 Å². The number of likely N-dealkylation sites (tertiary alicyclic amines) is 1. The van der Waals surface area contributed by atoms with Crippen molar-refractivity contribution in [2.75, 3.05) is 13.1 Å². The average Bonchev–Trinajstić information content (AvgIpc) is 2.38. The van der Waals surface area contributed by atoms with E-state index >= 15 is 0 Å². The third-order valence-corrected chi connectivity index (χ3v) is 3.79. The lowest BCUT2D eigenvalue weighted by molar-refractivity contribution is -0.120. The van der Waals surface area contributed by atoms with Crippen LogP contribution in [-0.4, -0.2) is 29.8 Å². The van der Waals surface area contributed by atoms with Crippen molar-refractivity contribution in [2.45, 2.75) is 19.4 Å². The quantitative estimate of drug-likeness (QED) is 0.913. The minimum absolute atomic E-state index is 0.191. The summed E-state index contributed by atoms with van der Waals surface area (Å²) >= 11 is 12.0. The van der Waals surface area contributed by atoms with Gasteiger partial charge in [-0.1, -0.05) is 29.3 Å². The van der Waals surface area contributed by atoms with Crippen molar-refractivity contribution in [1.29, 1.82) is 0 Å². The highest BCUT2D eigenvalue weighted by Gasteiger charge is 2.20. The Kier molecular flexibility index (Phi) is 4.66. The zero-order chi connectivity index (χ0) is 13.8. The van der Waals surface area contributed by atoms with Crippen molar-refractivity contribution < 1.29 is 9.59 Å². The Morgan fingerprint density at radius 3 is 2.37 bits per heavy atom. The molecule has 102 valence electrons. The third kappa shape index (κ3) is 3.61. The van der Waals surface area contributed by atoms with Crippen molar-refractivity contribution in [1.82, 2.24) is 10.2 Å². The van der Waals surface area contributed by atoms with Crippen LogP contribution in [0.15, 0.2) is 18.2 Å². The number of nitrogens with zero attached hydrogens (tertiary/aromatic N) is 1. The topological polar surface area (TPSA) is 49.4 Å². The number of benzene rings is 1. The van der Waals surface area contributed by atoms with E-state index in [0.29, 0.717) is 41.5 Å². The molecule has 1 aliphatic heterocycles. The van der Waals surface area contributed by atoms with Crippen molar-refractivity contribution in [3.8, 4) is 0 Å². The molecule has 4 nitrogen and oxygen atoms in total. The van der Waals surface area contributed by atoms with E-state index in [-0.39, 0.29) is 18.4 Å². The SMILES string of the molecule is O=C1CCN(C(=O)NCc2c(Cl)cccc2Cl)CC1. The minimum Gasteiger partial charge on any atom is -0.334 e. The Morgan fingerprint density at radius 2 is 1.79 bits per heavy atom. The van der Waals surface area contributed by atoms with Gasteiger partial charge in [0.2, 0.25) is 0 Å². The van der Waals surface area contributed by atoms with Crippen LogP contribution >= 0.6 is 23.2 Å². The summed E-state index contributed by atoms with van der Waals surface area (Å²) in [5, 5.41) is 3.83. The largest absolute Gasteiger partial charge is 0.334 e. The second-order valence-corrected chi connectivity index (χ2v) is 5.20. The van der Waals surface area contributed by atoms with Crippen molar-refractivity contribution in [2.24, 2.45) is 0 Å². The number of nitrogens with one attached hydrogen (secondary N) is 1. The zero-order valence-electron chi connectivity index (χ0n) is 10.3. The van der Waals surface area contributed by atoms with E-state index in [0.717, 1.165) is 0 Å². The summed E-state index contributed by atoms with van der Waals surface area (Å²) in [6.45, 7) is 1.23. The fourth-order valence-electron chi connectivity index (χ4n) is 1.94. The first-order valence-corrected chi connectivity index (χ1v) is 6.81. The van der Waals surface area contributed by atoms with Crippen LogP contribution in [0.3, 0.4) is 0 Å². The van der Waals surface area contributed by atoms with Crippen LogP contribution in [0, 0.1) is 0 Å². The van der Waals surface area contributed by atoms with Crippen LogP contribution in [0.4, 0.5) is 4.79 Å². The molecule has 19 heavy (non-hydrogen) atoms. The molecule has 0 unspecified atom stereocenters. The number of urea groups is 1. The molecule has 0 spiro atoms. The van der Waals surface area contributed by atoms with Crippen molar-refractivity contribution >= 4 is 35.0 Å². The van der Waals surface area contributed by atoms with Gasteiger partial charge in [-0.3, -0.25) is 4.79 Å². The number of hydrogen-bond acceptors (Lipinski definition) is 2. The molecule has 0 aromatic heterocycles. The number of carbonyl (C=O) groups excluding carboxylic acids is 2. The van der Waals surface area contributed by atoms with Crippen molar-refractivity contribution in [3.63, 3.8) is 0 Å². The Labute approximate surface area is 121 Å². The van der Waals surface area contributed by atoms with Crippen LogP contribution in [0.1, 0.15) is 18.4 Å². The Morgan fingerprint density at radius 1 is 1.21 bits per heavy atom. The number of carbonyl (C=O) groups is 2. The lowest BCUT2D eigenvalue weighted by Gasteiger charge is -2.26. The van der Waals surface area contributed by atoms with Gasteiger partial charge in [0.1, 0.15) is 5.78 Å². The van der Waals surface area contributed by atoms with Crippen LogP contribution < -0.4 is 5.32 Å². The third-order valence-electron chi connectivity index (χ3n) is 3.09. The molecule has 1 heterocycles. The normalized spacial score (nSPS) is 15.5. The standard InChI is InChI=1S/C13H14Cl2N2O2/c14-11-2-1-3-12(15)10(11)8-16-13(19)17-6-4-9(18)5-7-17/h1-3H,4-8H2,(H,16,19). The molecule has 1 aromatic carbocycles. The lowest BCUT2D eigenvalue weighted by atomic mass is 10.1. The molecule has 0 aliphatic carbocycles. The van der Waals surface area contributed by atoms with Gasteiger partial charge in [-0.05, 0) is 12.1 Å². The molecule has 0 atom stereocenters. The number of ketones is 1. The summed E-state index contributed by atoms with van der Waals surface area (Å²) in [5.41, 5.74) is 0.701. The lowest BCUT2D eigenvalue weighted by Crippen LogP contribution is -2.44. The maximum atomic E-state index is 11.9. The van der Waals surface area contributed by atoms with Gasteiger partial charge in [-0.25, -0.2) is 4.79 Å². The van der Waals surface area contributed by atoms with Crippen LogP contribution in [0.2, 0.25) is 10.0 Å². The smallest absolute Gasteiger partial charge is 0.317 e. The molecule has 2 rings (SSSR count). The van der Waals surface area contributed by atoms with Crippen LogP contribution in [0.25, 0.3) is 0 Å². The van der Waals surface area contributed by atoms with E-state index in [1.807, 2.05) is 0 Å². The Hall–Kier alpha value is -1.26. The monoisotopic (exact) mass is 300 g/mol. The molecule has 1 fully saturated rings. The molecule has 1 aromatic rings. The summed E-state index contributed by atoms with van der Waals surface area (Å²) in [6.07, 6.45) is 0.862. The van der Waals surface area contributed by atoms with Gasteiger partial charge < -0.3 is 10.2 Å². The number of piperidine rings is 1. The van der Waals surface area contributed by atoms with E-state index < -0.39 is 0 Å². The molecular formula is C13H14Cl2N2O2. The molecular weight excluding hydrogens is 287 g/mol. The maximum absolute atomic E-state index is 11.9. The predicted octanol–water partition coefficient (Wildman–Crippen LogP) is 2.87. The van der Waals surface area contributed by atoms with Gasteiger partial charge in [0.25, 0.3) is 0 Å². The van der Waals surface area contributed by atoms with Crippen molar-refractivity contribution in [3.05, 3.63) is 33.8 Å². The molecule has 1 saturated heterocycles. The minimum atomic E-state index is -0.191. The summed E-state index contributed by atoms with van der Waals surface area (Å²) < 4.78 is 0. The number of amides is 2. The molecule has 0 radical (unpaired) electrons. The maximum Gasteiger partial charge on any atom is 0.317 e. The number of halogens is 2. The first-order chi connectivity index (χ1) is 9.08. The zero-order valence-corrected chi connectivity index (χ0v) is 11.8. The second kappa shape index (κ2) is 6.26. The number of Topliss-reactive ketones (excluding diaryl/α,β-unsaturated/α-hetero) is 1. The highest BCUT2D eigenvalue weighted by atomic mass is 35.5. The van der Waals surface area contributed by atoms with Crippen LogP contribution in [-0.2, 0) is 11.3 Å². The summed E-state index contributed by atoms with van der Waals surface area (Å²) in [6, 6.07) is 5.03. The average molecular weight is 301 g/mol. The Balaban J connectivity index is 1.92. The van der Waals surface area contributed by atoms with Gasteiger partial charge in [-0.2, -0.15) is 0 Å². The van der Waals surface area contributed by atoms with Gasteiger partial charge in [-0.15, -0.1) is 0 Å². The van der Waals surface area contributed by atoms with E-state index in [1.54, 1.807) is 23.1 Å². The van der Waals surface area contributed by atoms with E-state index in [2.05, 4.69) is 5.32 Å². The Bertz CT molecular complexity index is 475. The molecule has 2 amide bonds. The van der Waals surface area contributed by atoms with Gasteiger partial charge in [0.15, 0.2) is 0 Å². The summed E-state index contributed by atoms with van der Waals surface area (Å²) in [5.74, 6) is 0.207. The van der Waals surface area contributed by atoms with E-state index in [1.165, 1.54) is 0 Å². The highest BCUT2D eigenvalue weighted by Crippen LogP contribution is 2.23.